The number of aliphatic hydroxyl groups is 2. The molecule has 0 spiro atoms. The fourth-order valence-corrected chi connectivity index (χ4v) is 4.03. The van der Waals surface area contributed by atoms with E-state index in [2.05, 4.69) is 0 Å². The molecule has 1 aromatic carbocycles. The van der Waals surface area contributed by atoms with E-state index in [1.807, 2.05) is 44.2 Å². The molecule has 3 fully saturated rings. The Kier molecular flexibility index (Phi) is 3.36. The molecule has 0 bridgehead atoms. The van der Waals surface area contributed by atoms with Crippen LogP contribution in [0.25, 0.3) is 0 Å². The Bertz CT molecular complexity index is 584. The van der Waals surface area contributed by atoms with Gasteiger partial charge in [0.25, 0.3) is 0 Å². The maximum absolute atomic E-state index is 9.86. The highest BCUT2D eigenvalue weighted by molar-refractivity contribution is 5.27. The van der Waals surface area contributed by atoms with Crippen molar-refractivity contribution in [3.8, 4) is 0 Å². The van der Waals surface area contributed by atoms with Crippen molar-refractivity contribution in [2.75, 3.05) is 13.2 Å². The third-order valence-corrected chi connectivity index (χ3v) is 5.18. The van der Waals surface area contributed by atoms with Crippen LogP contribution in [0.3, 0.4) is 0 Å². The highest BCUT2D eigenvalue weighted by atomic mass is 16.9. The molecule has 23 heavy (non-hydrogen) atoms. The summed E-state index contributed by atoms with van der Waals surface area (Å²) in [6.45, 7) is 3.53. The molecule has 1 saturated carbocycles. The zero-order valence-electron chi connectivity index (χ0n) is 13.3. The number of rotatable bonds is 5. The van der Waals surface area contributed by atoms with Crippen LogP contribution in [0.1, 0.15) is 19.4 Å². The minimum atomic E-state index is -1.06. The predicted octanol–water partition coefficient (Wildman–Crippen LogP) is 1.01. The van der Waals surface area contributed by atoms with E-state index in [-0.39, 0.29) is 25.2 Å². The Hall–Kier alpha value is -1.02. The lowest BCUT2D eigenvalue weighted by Crippen LogP contribution is -2.38. The molecule has 2 heterocycles. The van der Waals surface area contributed by atoms with Crippen LogP contribution in [0.4, 0.5) is 0 Å². The van der Waals surface area contributed by atoms with Gasteiger partial charge in [-0.15, -0.1) is 0 Å². The molecule has 0 radical (unpaired) electrons. The first-order valence-electron chi connectivity index (χ1n) is 7.91. The van der Waals surface area contributed by atoms with Crippen LogP contribution in [0.15, 0.2) is 30.3 Å². The molecule has 2 aliphatic heterocycles. The van der Waals surface area contributed by atoms with Gasteiger partial charge in [-0.1, -0.05) is 30.3 Å². The molecule has 6 heteroatoms. The first-order valence-corrected chi connectivity index (χ1v) is 7.91. The van der Waals surface area contributed by atoms with Gasteiger partial charge < -0.3 is 29.2 Å². The highest BCUT2D eigenvalue weighted by Gasteiger charge is 2.88. The van der Waals surface area contributed by atoms with Crippen molar-refractivity contribution < 1.29 is 29.2 Å². The van der Waals surface area contributed by atoms with Gasteiger partial charge in [-0.05, 0) is 19.4 Å². The molecule has 3 aliphatic rings. The fraction of sp³-hybridized carbons (Fsp3) is 0.647. The van der Waals surface area contributed by atoms with Gasteiger partial charge in [0.15, 0.2) is 17.9 Å². The molecule has 4 rings (SSSR count). The summed E-state index contributed by atoms with van der Waals surface area (Å²) >= 11 is 0. The summed E-state index contributed by atoms with van der Waals surface area (Å²) < 4.78 is 23.7. The molecule has 2 saturated heterocycles. The quantitative estimate of drug-likeness (QED) is 0.842. The molecule has 0 aromatic heterocycles. The maximum Gasteiger partial charge on any atom is 0.191 e. The van der Waals surface area contributed by atoms with Gasteiger partial charge in [-0.25, -0.2) is 0 Å². The number of hydrogen-bond donors (Lipinski definition) is 2. The first-order chi connectivity index (χ1) is 11.0. The Balaban J connectivity index is 1.57. The van der Waals surface area contributed by atoms with Gasteiger partial charge in [0.1, 0.15) is 6.10 Å². The summed E-state index contributed by atoms with van der Waals surface area (Å²) in [6.07, 6.45) is -0.878. The Labute approximate surface area is 134 Å². The second kappa shape index (κ2) is 4.99. The second-order valence-corrected chi connectivity index (χ2v) is 6.98. The van der Waals surface area contributed by atoms with Gasteiger partial charge in [-0.2, -0.15) is 0 Å². The number of benzene rings is 1. The smallest absolute Gasteiger partial charge is 0.191 e. The Morgan fingerprint density at radius 2 is 1.74 bits per heavy atom. The average Bonchev–Trinajstić information content (AvgIpc) is 2.78. The average molecular weight is 322 g/mol. The largest absolute Gasteiger partial charge is 0.395 e. The van der Waals surface area contributed by atoms with Crippen LogP contribution in [0, 0.1) is 11.3 Å². The van der Waals surface area contributed by atoms with Gasteiger partial charge in [-0.3, -0.25) is 0 Å². The van der Waals surface area contributed by atoms with Crippen LogP contribution in [0.2, 0.25) is 0 Å². The summed E-state index contributed by atoms with van der Waals surface area (Å²) in [5.41, 5.74) is 0.146. The van der Waals surface area contributed by atoms with Crippen molar-refractivity contribution >= 4 is 0 Å². The van der Waals surface area contributed by atoms with Crippen LogP contribution in [-0.4, -0.2) is 47.4 Å². The second-order valence-electron chi connectivity index (χ2n) is 6.98. The molecule has 126 valence electrons. The standard InChI is InChI=1S/C17H22O6/c1-15(2)21-12-13-16(9-18,10-19)17(13,23-14(12)22-15)20-8-11-6-4-3-5-7-11/h3-7,12-14,18-19H,8-10H2,1-2H3. The van der Waals surface area contributed by atoms with Crippen molar-refractivity contribution in [3.05, 3.63) is 35.9 Å². The van der Waals surface area contributed by atoms with E-state index in [0.29, 0.717) is 6.61 Å². The van der Waals surface area contributed by atoms with Crippen LogP contribution < -0.4 is 0 Å². The maximum atomic E-state index is 9.86. The monoisotopic (exact) mass is 322 g/mol. The molecular weight excluding hydrogens is 300 g/mol. The molecule has 1 aliphatic carbocycles. The summed E-state index contributed by atoms with van der Waals surface area (Å²) in [7, 11) is 0. The van der Waals surface area contributed by atoms with E-state index < -0.39 is 23.3 Å². The van der Waals surface area contributed by atoms with E-state index in [0.717, 1.165) is 5.56 Å². The lowest BCUT2D eigenvalue weighted by molar-refractivity contribution is -0.281. The third-order valence-electron chi connectivity index (χ3n) is 5.18. The lowest BCUT2D eigenvalue weighted by Gasteiger charge is -2.26. The van der Waals surface area contributed by atoms with E-state index in [1.165, 1.54) is 0 Å². The molecule has 1 aromatic rings. The fourth-order valence-electron chi connectivity index (χ4n) is 4.03. The van der Waals surface area contributed by atoms with Gasteiger partial charge >= 0.3 is 0 Å². The number of aliphatic hydroxyl groups excluding tert-OH is 2. The molecule has 2 N–H and O–H groups in total. The van der Waals surface area contributed by atoms with Crippen molar-refractivity contribution in [1.82, 2.24) is 0 Å². The summed E-state index contributed by atoms with van der Waals surface area (Å²) in [5.74, 6) is -2.04. The van der Waals surface area contributed by atoms with E-state index in [4.69, 9.17) is 18.9 Å². The van der Waals surface area contributed by atoms with E-state index >= 15 is 0 Å². The van der Waals surface area contributed by atoms with Crippen molar-refractivity contribution in [2.45, 2.75) is 44.4 Å². The topological polar surface area (TPSA) is 77.4 Å². The van der Waals surface area contributed by atoms with Crippen LogP contribution in [0.5, 0.6) is 0 Å². The van der Waals surface area contributed by atoms with Crippen LogP contribution in [-0.2, 0) is 25.6 Å². The predicted molar refractivity (Wildman–Crippen MR) is 79.0 cm³/mol. The van der Waals surface area contributed by atoms with Crippen molar-refractivity contribution in [1.29, 1.82) is 0 Å². The minimum Gasteiger partial charge on any atom is -0.395 e. The van der Waals surface area contributed by atoms with Gasteiger partial charge in [0, 0.05) is 0 Å². The number of fused-ring (bicyclic) bond motifs is 3. The number of ether oxygens (including phenoxy) is 4. The molecule has 4 unspecified atom stereocenters. The third kappa shape index (κ3) is 2.03. The highest BCUT2D eigenvalue weighted by Crippen LogP contribution is 2.73. The zero-order chi connectivity index (χ0) is 16.3. The SMILES string of the molecule is CC1(C)OC2OC3(OCc4ccccc4)C(C2O1)C3(CO)CO. The molecule has 6 nitrogen and oxygen atoms in total. The Morgan fingerprint density at radius 3 is 2.39 bits per heavy atom. The van der Waals surface area contributed by atoms with E-state index in [1.54, 1.807) is 0 Å². The molecular formula is C17H22O6. The summed E-state index contributed by atoms with van der Waals surface area (Å²) in [5, 5.41) is 19.7. The minimum absolute atomic E-state index is 0.226. The van der Waals surface area contributed by atoms with Gasteiger partial charge in [0.2, 0.25) is 0 Å². The normalized spacial score (nSPS) is 39.0. The van der Waals surface area contributed by atoms with E-state index in [9.17, 15) is 10.2 Å². The zero-order valence-corrected chi connectivity index (χ0v) is 13.3. The van der Waals surface area contributed by atoms with Crippen molar-refractivity contribution in [3.63, 3.8) is 0 Å². The Morgan fingerprint density at radius 1 is 1.04 bits per heavy atom. The van der Waals surface area contributed by atoms with Crippen molar-refractivity contribution in [2.24, 2.45) is 11.3 Å². The molecule has 0 amide bonds. The lowest BCUT2D eigenvalue weighted by atomic mass is 10.0. The summed E-state index contributed by atoms with van der Waals surface area (Å²) in [4.78, 5) is 0. The molecule has 4 atom stereocenters. The number of hydrogen-bond acceptors (Lipinski definition) is 6. The van der Waals surface area contributed by atoms with Crippen LogP contribution >= 0.6 is 0 Å². The summed E-state index contributed by atoms with van der Waals surface area (Å²) in [6, 6.07) is 9.72. The first kappa shape index (κ1) is 15.5. The van der Waals surface area contributed by atoms with Gasteiger partial charge in [0.05, 0.1) is 31.2 Å².